The van der Waals surface area contributed by atoms with Gasteiger partial charge >= 0.3 is 0 Å². The van der Waals surface area contributed by atoms with Crippen molar-refractivity contribution in [2.24, 2.45) is 0 Å². The van der Waals surface area contributed by atoms with Gasteiger partial charge in [0.15, 0.2) is 5.13 Å². The van der Waals surface area contributed by atoms with E-state index < -0.39 is 17.5 Å². The number of rotatable bonds is 2. The van der Waals surface area contributed by atoms with Crippen LogP contribution in [0.3, 0.4) is 0 Å². The van der Waals surface area contributed by atoms with Crippen LogP contribution in [0, 0.1) is 18.6 Å². The average molecular weight is 304 g/mol. The highest BCUT2D eigenvalue weighted by atomic mass is 32.1. The molecule has 21 heavy (non-hydrogen) atoms. The van der Waals surface area contributed by atoms with Crippen LogP contribution in [0.2, 0.25) is 0 Å². The van der Waals surface area contributed by atoms with Crippen molar-refractivity contribution >= 4 is 32.6 Å². The van der Waals surface area contributed by atoms with E-state index in [0.717, 1.165) is 27.9 Å². The van der Waals surface area contributed by atoms with Gasteiger partial charge in [0.2, 0.25) is 0 Å². The Morgan fingerprint density at radius 1 is 1.19 bits per heavy atom. The summed E-state index contributed by atoms with van der Waals surface area (Å²) in [5.41, 5.74) is 1.64. The second-order valence-corrected chi connectivity index (χ2v) is 5.60. The van der Waals surface area contributed by atoms with Crippen LogP contribution < -0.4 is 5.32 Å². The second kappa shape index (κ2) is 5.21. The van der Waals surface area contributed by atoms with Crippen molar-refractivity contribution in [3.05, 3.63) is 59.2 Å². The van der Waals surface area contributed by atoms with Crippen LogP contribution in [0.25, 0.3) is 10.2 Å². The van der Waals surface area contributed by atoms with E-state index >= 15 is 0 Å². The van der Waals surface area contributed by atoms with Gasteiger partial charge < -0.3 is 0 Å². The van der Waals surface area contributed by atoms with Gasteiger partial charge in [0.25, 0.3) is 5.91 Å². The van der Waals surface area contributed by atoms with Gasteiger partial charge in [-0.15, -0.1) is 0 Å². The minimum absolute atomic E-state index is 0.216. The molecule has 0 saturated carbocycles. The number of nitrogens with zero attached hydrogens (tertiary/aromatic N) is 1. The smallest absolute Gasteiger partial charge is 0.260 e. The van der Waals surface area contributed by atoms with E-state index in [9.17, 15) is 13.6 Å². The number of aryl methyl sites for hydroxylation is 1. The molecule has 0 saturated heterocycles. The number of anilines is 1. The lowest BCUT2D eigenvalue weighted by Crippen LogP contribution is -2.13. The van der Waals surface area contributed by atoms with Crippen LogP contribution in [0.4, 0.5) is 13.9 Å². The highest BCUT2D eigenvalue weighted by Gasteiger charge is 2.14. The molecule has 3 aromatic rings. The van der Waals surface area contributed by atoms with Crippen molar-refractivity contribution in [3.63, 3.8) is 0 Å². The summed E-state index contributed by atoms with van der Waals surface area (Å²) < 4.78 is 27.3. The zero-order chi connectivity index (χ0) is 15.0. The van der Waals surface area contributed by atoms with Gasteiger partial charge in [-0.3, -0.25) is 10.1 Å². The maximum atomic E-state index is 13.5. The first-order valence-electron chi connectivity index (χ1n) is 6.16. The van der Waals surface area contributed by atoms with Gasteiger partial charge in [-0.2, -0.15) is 0 Å². The van der Waals surface area contributed by atoms with Gasteiger partial charge in [-0.1, -0.05) is 17.4 Å². The predicted molar refractivity (Wildman–Crippen MR) is 78.7 cm³/mol. The summed E-state index contributed by atoms with van der Waals surface area (Å²) in [6.45, 7) is 1.96. The predicted octanol–water partition coefficient (Wildman–Crippen LogP) is 4.14. The van der Waals surface area contributed by atoms with E-state index in [1.807, 2.05) is 25.1 Å². The molecule has 106 valence electrons. The molecule has 6 heteroatoms. The first-order valence-corrected chi connectivity index (χ1v) is 6.98. The Morgan fingerprint density at radius 2 is 2.00 bits per heavy atom. The molecule has 1 N–H and O–H groups in total. The topological polar surface area (TPSA) is 42.0 Å². The molecule has 3 nitrogen and oxygen atoms in total. The lowest BCUT2D eigenvalue weighted by Gasteiger charge is -2.02. The van der Waals surface area contributed by atoms with Crippen LogP contribution >= 0.6 is 11.3 Å². The standard InChI is InChI=1S/C15H10F2N2OS/c1-8-2-5-12-13(6-8)21-15(18-12)19-14(20)10-4-3-9(16)7-11(10)17/h2-7H,1H3,(H,18,19,20). The van der Waals surface area contributed by atoms with Crippen LogP contribution in [-0.4, -0.2) is 10.9 Å². The fourth-order valence-electron chi connectivity index (χ4n) is 1.92. The number of halogens is 2. The van der Waals surface area contributed by atoms with Crippen LogP contribution in [0.1, 0.15) is 15.9 Å². The molecule has 0 aliphatic carbocycles. The zero-order valence-electron chi connectivity index (χ0n) is 11.0. The largest absolute Gasteiger partial charge is 0.298 e. The second-order valence-electron chi connectivity index (χ2n) is 4.57. The Morgan fingerprint density at radius 3 is 2.76 bits per heavy atom. The molecule has 0 atom stereocenters. The molecule has 2 aromatic carbocycles. The summed E-state index contributed by atoms with van der Waals surface area (Å²) in [4.78, 5) is 16.2. The molecule has 3 rings (SSSR count). The number of hydrogen-bond acceptors (Lipinski definition) is 3. The lowest BCUT2D eigenvalue weighted by atomic mass is 10.2. The molecule has 1 amide bonds. The van der Waals surface area contributed by atoms with Crippen molar-refractivity contribution < 1.29 is 13.6 Å². The minimum atomic E-state index is -0.899. The number of benzene rings is 2. The summed E-state index contributed by atoms with van der Waals surface area (Å²) in [7, 11) is 0. The fraction of sp³-hybridized carbons (Fsp3) is 0.0667. The summed E-state index contributed by atoms with van der Waals surface area (Å²) in [5.74, 6) is -2.27. The summed E-state index contributed by atoms with van der Waals surface area (Å²) >= 11 is 1.30. The number of amides is 1. The van der Waals surface area contributed by atoms with Crippen LogP contribution in [0.15, 0.2) is 36.4 Å². The summed E-state index contributed by atoms with van der Waals surface area (Å²) in [6.07, 6.45) is 0. The Hall–Kier alpha value is -2.34. The maximum absolute atomic E-state index is 13.5. The van der Waals surface area contributed by atoms with Crippen molar-refractivity contribution in [3.8, 4) is 0 Å². The highest BCUT2D eigenvalue weighted by Crippen LogP contribution is 2.27. The molecule has 0 aliphatic heterocycles. The average Bonchev–Trinajstić information content (AvgIpc) is 2.79. The molecule has 0 bridgehead atoms. The molecular weight excluding hydrogens is 294 g/mol. The molecule has 0 radical (unpaired) electrons. The Labute approximate surface area is 123 Å². The summed E-state index contributed by atoms with van der Waals surface area (Å²) in [6, 6.07) is 8.57. The fourth-order valence-corrected chi connectivity index (χ4v) is 2.88. The van der Waals surface area contributed by atoms with Gasteiger partial charge in [-0.05, 0) is 36.8 Å². The van der Waals surface area contributed by atoms with E-state index in [-0.39, 0.29) is 5.56 Å². The maximum Gasteiger partial charge on any atom is 0.260 e. The number of fused-ring (bicyclic) bond motifs is 1. The molecule has 0 spiro atoms. The monoisotopic (exact) mass is 304 g/mol. The van der Waals surface area contributed by atoms with E-state index in [1.165, 1.54) is 11.3 Å². The first kappa shape index (κ1) is 13.6. The van der Waals surface area contributed by atoms with E-state index in [2.05, 4.69) is 10.3 Å². The Balaban J connectivity index is 1.89. The van der Waals surface area contributed by atoms with Crippen molar-refractivity contribution in [1.82, 2.24) is 4.98 Å². The number of aromatic nitrogens is 1. The molecule has 1 heterocycles. The minimum Gasteiger partial charge on any atom is -0.298 e. The Bertz CT molecular complexity index is 845. The van der Waals surface area contributed by atoms with E-state index in [1.54, 1.807) is 0 Å². The number of carbonyl (C=O) groups is 1. The van der Waals surface area contributed by atoms with Crippen molar-refractivity contribution in [2.45, 2.75) is 6.92 Å². The third kappa shape index (κ3) is 2.75. The van der Waals surface area contributed by atoms with Gasteiger partial charge in [0, 0.05) is 6.07 Å². The third-order valence-electron chi connectivity index (χ3n) is 2.94. The molecular formula is C15H10F2N2OS. The number of nitrogens with one attached hydrogen (secondary N) is 1. The van der Waals surface area contributed by atoms with Gasteiger partial charge in [-0.25, -0.2) is 13.8 Å². The van der Waals surface area contributed by atoms with E-state index in [4.69, 9.17) is 0 Å². The van der Waals surface area contributed by atoms with Gasteiger partial charge in [0.05, 0.1) is 15.8 Å². The van der Waals surface area contributed by atoms with Crippen LogP contribution in [-0.2, 0) is 0 Å². The quantitative estimate of drug-likeness (QED) is 0.773. The third-order valence-corrected chi connectivity index (χ3v) is 3.87. The molecule has 0 unspecified atom stereocenters. The van der Waals surface area contributed by atoms with E-state index in [0.29, 0.717) is 11.2 Å². The SMILES string of the molecule is Cc1ccc2nc(NC(=O)c3ccc(F)cc3F)sc2c1. The first-order chi connectivity index (χ1) is 10.0. The molecule has 1 aromatic heterocycles. The number of thiazole rings is 1. The number of hydrogen-bond donors (Lipinski definition) is 1. The summed E-state index contributed by atoms with van der Waals surface area (Å²) in [5, 5.41) is 2.91. The van der Waals surface area contributed by atoms with Crippen molar-refractivity contribution in [2.75, 3.05) is 5.32 Å². The normalized spacial score (nSPS) is 10.8. The lowest BCUT2D eigenvalue weighted by molar-refractivity contribution is 0.102. The highest BCUT2D eigenvalue weighted by molar-refractivity contribution is 7.22. The van der Waals surface area contributed by atoms with Gasteiger partial charge in [0.1, 0.15) is 11.6 Å². The van der Waals surface area contributed by atoms with Crippen LogP contribution in [0.5, 0.6) is 0 Å². The Kier molecular flexibility index (Phi) is 3.39. The molecule has 0 aliphatic rings. The molecule has 0 fully saturated rings. The van der Waals surface area contributed by atoms with Crippen molar-refractivity contribution in [1.29, 1.82) is 0 Å². The number of carbonyl (C=O) groups excluding carboxylic acids is 1. The zero-order valence-corrected chi connectivity index (χ0v) is 11.8.